The third kappa shape index (κ3) is 3.07. The Labute approximate surface area is 123 Å². The van der Waals surface area contributed by atoms with E-state index >= 15 is 0 Å². The quantitative estimate of drug-likeness (QED) is 0.885. The van der Waals surface area contributed by atoms with Gasteiger partial charge in [-0.1, -0.05) is 31.2 Å². The van der Waals surface area contributed by atoms with Crippen LogP contribution in [0.1, 0.15) is 49.7 Å². The van der Waals surface area contributed by atoms with Gasteiger partial charge in [0.2, 0.25) is 0 Å². The molecule has 20 heavy (non-hydrogen) atoms. The second-order valence-corrected chi connectivity index (χ2v) is 6.39. The molecule has 110 valence electrons. The molecule has 0 aromatic heterocycles. The van der Waals surface area contributed by atoms with Gasteiger partial charge in [-0.3, -0.25) is 4.90 Å². The molecule has 0 amide bonds. The van der Waals surface area contributed by atoms with Crippen molar-refractivity contribution in [2.45, 2.75) is 51.0 Å². The Balaban J connectivity index is 1.66. The number of likely N-dealkylation sites (N-methyl/N-ethyl adjacent to an activating group) is 1. The second kappa shape index (κ2) is 6.73. The summed E-state index contributed by atoms with van der Waals surface area (Å²) in [6.45, 7) is 7.04. The summed E-state index contributed by atoms with van der Waals surface area (Å²) in [5.74, 6) is 0.766. The minimum atomic E-state index is 0.766. The molecule has 1 aliphatic heterocycles. The molecule has 2 nitrogen and oxygen atoms in total. The van der Waals surface area contributed by atoms with Crippen molar-refractivity contribution in [3.05, 3.63) is 35.4 Å². The minimum absolute atomic E-state index is 0.766. The number of likely N-dealkylation sites (tertiary alicyclic amines) is 1. The van der Waals surface area contributed by atoms with E-state index in [1.807, 2.05) is 0 Å². The maximum atomic E-state index is 3.53. The highest BCUT2D eigenvalue weighted by Crippen LogP contribution is 2.33. The van der Waals surface area contributed by atoms with Gasteiger partial charge < -0.3 is 5.32 Å². The number of fused-ring (bicyclic) bond motifs is 1. The second-order valence-electron chi connectivity index (χ2n) is 6.39. The molecule has 2 atom stereocenters. The average Bonchev–Trinajstić information content (AvgIpc) is 2.93. The Hall–Kier alpha value is -0.860. The van der Waals surface area contributed by atoms with Gasteiger partial charge in [0.05, 0.1) is 0 Å². The summed E-state index contributed by atoms with van der Waals surface area (Å²) < 4.78 is 0. The van der Waals surface area contributed by atoms with Gasteiger partial charge in [0, 0.05) is 19.1 Å². The van der Waals surface area contributed by atoms with Crippen molar-refractivity contribution in [3.8, 4) is 0 Å². The van der Waals surface area contributed by atoms with Gasteiger partial charge >= 0.3 is 0 Å². The Morgan fingerprint density at radius 1 is 1.20 bits per heavy atom. The number of rotatable bonds is 5. The van der Waals surface area contributed by atoms with Gasteiger partial charge in [0.1, 0.15) is 0 Å². The van der Waals surface area contributed by atoms with E-state index in [1.165, 1.54) is 51.7 Å². The van der Waals surface area contributed by atoms with E-state index in [-0.39, 0.29) is 0 Å². The fraction of sp³-hybridized carbons (Fsp3) is 0.667. The lowest BCUT2D eigenvalue weighted by Crippen LogP contribution is -2.40. The van der Waals surface area contributed by atoms with E-state index in [2.05, 4.69) is 41.4 Å². The molecule has 1 saturated heterocycles. The normalized spacial score (nSPS) is 26.6. The van der Waals surface area contributed by atoms with Gasteiger partial charge in [0.15, 0.2) is 0 Å². The molecule has 1 N–H and O–H groups in total. The standard InChI is InChI=1S/C18H28N2/c1-2-19-13-17-10-6-12-20(17)14-16-9-5-8-15-7-3-4-11-18(15)16/h3-4,7,11,16-17,19H,2,5-6,8-10,12-14H2,1H3. The SMILES string of the molecule is CCNCC1CCCN1CC1CCCc2ccccc21. The first kappa shape index (κ1) is 14.1. The number of benzene rings is 1. The summed E-state index contributed by atoms with van der Waals surface area (Å²) in [5.41, 5.74) is 3.24. The molecule has 1 aromatic rings. The van der Waals surface area contributed by atoms with E-state index in [0.717, 1.165) is 18.5 Å². The number of aryl methyl sites for hydroxylation is 1. The maximum absolute atomic E-state index is 3.53. The molecule has 1 aromatic carbocycles. The average molecular weight is 272 g/mol. The van der Waals surface area contributed by atoms with Crippen LogP contribution in [0.25, 0.3) is 0 Å². The number of hydrogen-bond acceptors (Lipinski definition) is 2. The van der Waals surface area contributed by atoms with Gasteiger partial charge in [-0.05, 0) is 62.2 Å². The molecule has 2 heteroatoms. The van der Waals surface area contributed by atoms with Crippen LogP contribution < -0.4 is 5.32 Å². The zero-order valence-corrected chi connectivity index (χ0v) is 12.8. The van der Waals surface area contributed by atoms with Crippen molar-refractivity contribution in [2.24, 2.45) is 0 Å². The fourth-order valence-electron chi connectivity index (χ4n) is 4.00. The molecule has 2 aliphatic rings. The predicted octanol–water partition coefficient (Wildman–Crippen LogP) is 3.18. The fourth-order valence-corrected chi connectivity index (χ4v) is 4.00. The minimum Gasteiger partial charge on any atom is -0.315 e. The van der Waals surface area contributed by atoms with Gasteiger partial charge in [-0.2, -0.15) is 0 Å². The Bertz CT molecular complexity index is 429. The lowest BCUT2D eigenvalue weighted by atomic mass is 9.82. The highest BCUT2D eigenvalue weighted by atomic mass is 15.2. The van der Waals surface area contributed by atoms with Gasteiger partial charge in [0.25, 0.3) is 0 Å². The van der Waals surface area contributed by atoms with Gasteiger partial charge in [-0.15, -0.1) is 0 Å². The van der Waals surface area contributed by atoms with Crippen molar-refractivity contribution in [2.75, 3.05) is 26.2 Å². The highest BCUT2D eigenvalue weighted by Gasteiger charge is 2.28. The molecule has 3 rings (SSSR count). The van der Waals surface area contributed by atoms with Crippen LogP contribution in [0.3, 0.4) is 0 Å². The first-order chi connectivity index (χ1) is 9.88. The zero-order valence-electron chi connectivity index (χ0n) is 12.8. The lowest BCUT2D eigenvalue weighted by Gasteiger charge is -2.32. The van der Waals surface area contributed by atoms with Crippen LogP contribution in [0.15, 0.2) is 24.3 Å². The largest absolute Gasteiger partial charge is 0.315 e. The predicted molar refractivity (Wildman–Crippen MR) is 85.3 cm³/mol. The number of hydrogen-bond donors (Lipinski definition) is 1. The van der Waals surface area contributed by atoms with Crippen molar-refractivity contribution < 1.29 is 0 Å². The molecule has 0 spiro atoms. The lowest BCUT2D eigenvalue weighted by molar-refractivity contribution is 0.226. The number of nitrogens with zero attached hydrogens (tertiary/aromatic N) is 1. The Morgan fingerprint density at radius 3 is 3.00 bits per heavy atom. The van der Waals surface area contributed by atoms with Crippen molar-refractivity contribution >= 4 is 0 Å². The van der Waals surface area contributed by atoms with Crippen molar-refractivity contribution in [1.29, 1.82) is 0 Å². The smallest absolute Gasteiger partial charge is 0.0221 e. The van der Waals surface area contributed by atoms with Crippen LogP contribution >= 0.6 is 0 Å². The summed E-state index contributed by atoms with van der Waals surface area (Å²) in [6, 6.07) is 9.89. The van der Waals surface area contributed by atoms with Crippen LogP contribution in [0, 0.1) is 0 Å². The van der Waals surface area contributed by atoms with Crippen LogP contribution in [-0.4, -0.2) is 37.1 Å². The molecule has 0 saturated carbocycles. The van der Waals surface area contributed by atoms with Crippen LogP contribution in [0.4, 0.5) is 0 Å². The highest BCUT2D eigenvalue weighted by molar-refractivity contribution is 5.32. The van der Waals surface area contributed by atoms with Crippen LogP contribution in [0.2, 0.25) is 0 Å². The molecular weight excluding hydrogens is 244 g/mol. The summed E-state index contributed by atoms with van der Waals surface area (Å²) in [7, 11) is 0. The third-order valence-corrected chi connectivity index (χ3v) is 5.08. The van der Waals surface area contributed by atoms with Gasteiger partial charge in [-0.25, -0.2) is 0 Å². The van der Waals surface area contributed by atoms with E-state index < -0.39 is 0 Å². The van der Waals surface area contributed by atoms with E-state index in [9.17, 15) is 0 Å². The summed E-state index contributed by atoms with van der Waals surface area (Å²) in [4.78, 5) is 2.75. The van der Waals surface area contributed by atoms with Crippen LogP contribution in [-0.2, 0) is 6.42 Å². The summed E-state index contributed by atoms with van der Waals surface area (Å²) in [5, 5.41) is 3.53. The molecule has 0 bridgehead atoms. The molecule has 1 fully saturated rings. The van der Waals surface area contributed by atoms with E-state index in [1.54, 1.807) is 11.1 Å². The Morgan fingerprint density at radius 2 is 2.10 bits per heavy atom. The van der Waals surface area contributed by atoms with Crippen LogP contribution in [0.5, 0.6) is 0 Å². The number of nitrogens with one attached hydrogen (secondary N) is 1. The van der Waals surface area contributed by atoms with E-state index in [4.69, 9.17) is 0 Å². The maximum Gasteiger partial charge on any atom is 0.0221 e. The van der Waals surface area contributed by atoms with Crippen molar-refractivity contribution in [3.63, 3.8) is 0 Å². The third-order valence-electron chi connectivity index (χ3n) is 5.08. The van der Waals surface area contributed by atoms with E-state index in [0.29, 0.717) is 0 Å². The molecule has 1 aliphatic carbocycles. The molecule has 0 radical (unpaired) electrons. The monoisotopic (exact) mass is 272 g/mol. The topological polar surface area (TPSA) is 15.3 Å². The first-order valence-electron chi connectivity index (χ1n) is 8.41. The summed E-state index contributed by atoms with van der Waals surface area (Å²) in [6.07, 6.45) is 6.79. The molecule has 1 heterocycles. The van der Waals surface area contributed by atoms with Crippen molar-refractivity contribution in [1.82, 2.24) is 10.2 Å². The zero-order chi connectivity index (χ0) is 13.8. The Kier molecular flexibility index (Phi) is 4.74. The molecular formula is C18H28N2. The first-order valence-corrected chi connectivity index (χ1v) is 8.41. The molecule has 2 unspecified atom stereocenters. The summed E-state index contributed by atoms with van der Waals surface area (Å²) >= 11 is 0.